The van der Waals surface area contributed by atoms with E-state index in [9.17, 15) is 4.79 Å². The molecule has 0 spiro atoms. The minimum atomic E-state index is -0.216. The lowest BCUT2D eigenvalue weighted by atomic mass is 10.1. The average Bonchev–Trinajstić information content (AvgIpc) is 2.63. The summed E-state index contributed by atoms with van der Waals surface area (Å²) in [6.07, 6.45) is 1.76. The molecule has 2 aliphatic heterocycles. The first-order chi connectivity index (χ1) is 8.74. The van der Waals surface area contributed by atoms with Gasteiger partial charge in [0.1, 0.15) is 6.10 Å². The normalized spacial score (nSPS) is 22.5. The molecule has 0 aromatic heterocycles. The van der Waals surface area contributed by atoms with Crippen LogP contribution in [0.3, 0.4) is 0 Å². The molecule has 1 fully saturated rings. The van der Waals surface area contributed by atoms with Gasteiger partial charge in [-0.05, 0) is 24.1 Å². The Morgan fingerprint density at radius 2 is 2.06 bits per heavy atom. The van der Waals surface area contributed by atoms with E-state index in [-0.39, 0.29) is 12.1 Å². The first-order valence-electron chi connectivity index (χ1n) is 6.02. The molecule has 1 atom stereocenters. The molecule has 1 unspecified atom stereocenters. The van der Waals surface area contributed by atoms with E-state index < -0.39 is 0 Å². The Morgan fingerprint density at radius 1 is 1.22 bits per heavy atom. The first-order valence-corrected chi connectivity index (χ1v) is 6.40. The molecule has 0 amide bonds. The van der Waals surface area contributed by atoms with Crippen molar-refractivity contribution >= 4 is 17.6 Å². The molecule has 18 heavy (non-hydrogen) atoms. The quantitative estimate of drug-likeness (QED) is 0.735. The number of esters is 1. The molecule has 5 heteroatoms. The lowest BCUT2D eigenvalue weighted by Crippen LogP contribution is -2.00. The van der Waals surface area contributed by atoms with Gasteiger partial charge in [-0.25, -0.2) is 0 Å². The molecule has 4 nitrogen and oxygen atoms in total. The maximum absolute atomic E-state index is 11.1. The topological polar surface area (TPSA) is 44.8 Å². The molecule has 2 heterocycles. The van der Waals surface area contributed by atoms with Gasteiger partial charge in [-0.3, -0.25) is 4.79 Å². The summed E-state index contributed by atoms with van der Waals surface area (Å²) < 4.78 is 16.4. The second-order valence-electron chi connectivity index (χ2n) is 4.40. The first kappa shape index (κ1) is 11.7. The van der Waals surface area contributed by atoms with E-state index in [0.717, 1.165) is 12.0 Å². The van der Waals surface area contributed by atoms with Gasteiger partial charge in [0.15, 0.2) is 11.5 Å². The maximum atomic E-state index is 11.1. The highest BCUT2D eigenvalue weighted by molar-refractivity contribution is 6.32. The van der Waals surface area contributed by atoms with Crippen LogP contribution in [0.5, 0.6) is 11.5 Å². The van der Waals surface area contributed by atoms with Crippen molar-refractivity contribution in [2.45, 2.75) is 25.4 Å². The number of cyclic esters (lactones) is 1. The van der Waals surface area contributed by atoms with Crippen LogP contribution >= 0.6 is 11.6 Å². The predicted octanol–water partition coefficient (Wildman–Crippen LogP) is 2.88. The fourth-order valence-corrected chi connectivity index (χ4v) is 2.47. The van der Waals surface area contributed by atoms with Crippen molar-refractivity contribution in [3.8, 4) is 11.5 Å². The highest BCUT2D eigenvalue weighted by Gasteiger charge is 2.27. The Kier molecular flexibility index (Phi) is 3.04. The number of ether oxygens (including phenoxy) is 3. The van der Waals surface area contributed by atoms with E-state index in [0.29, 0.717) is 42.6 Å². The van der Waals surface area contributed by atoms with Crippen LogP contribution in [0, 0.1) is 0 Å². The molecular formula is C13H13ClO4. The van der Waals surface area contributed by atoms with Crippen molar-refractivity contribution in [3.63, 3.8) is 0 Å². The van der Waals surface area contributed by atoms with Gasteiger partial charge in [0.2, 0.25) is 0 Å². The second-order valence-corrected chi connectivity index (χ2v) is 4.80. The number of halogens is 1. The van der Waals surface area contributed by atoms with Crippen LogP contribution in [-0.2, 0) is 9.53 Å². The summed E-state index contributed by atoms with van der Waals surface area (Å²) in [5.41, 5.74) is 0.870. The zero-order valence-corrected chi connectivity index (χ0v) is 10.5. The minimum Gasteiger partial charge on any atom is -0.489 e. The number of carbonyl (C=O) groups excluding carboxylic acids is 1. The molecule has 0 N–H and O–H groups in total. The fraction of sp³-hybridized carbons (Fsp3) is 0.462. The zero-order valence-electron chi connectivity index (χ0n) is 9.78. The standard InChI is InChI=1S/C13H13ClO4/c14-9-6-8(10-2-3-12(15)18-10)7-11-13(9)17-5-1-4-16-11/h6-7,10H,1-5H2. The lowest BCUT2D eigenvalue weighted by Gasteiger charge is -2.14. The minimum absolute atomic E-state index is 0.164. The summed E-state index contributed by atoms with van der Waals surface area (Å²) in [6, 6.07) is 3.65. The molecule has 1 saturated heterocycles. The highest BCUT2D eigenvalue weighted by atomic mass is 35.5. The maximum Gasteiger partial charge on any atom is 0.306 e. The van der Waals surface area contributed by atoms with Gasteiger partial charge in [0.05, 0.1) is 18.2 Å². The van der Waals surface area contributed by atoms with Gasteiger partial charge in [-0.15, -0.1) is 0 Å². The largest absolute Gasteiger partial charge is 0.489 e. The monoisotopic (exact) mass is 268 g/mol. The lowest BCUT2D eigenvalue weighted by molar-refractivity contribution is -0.141. The van der Waals surface area contributed by atoms with Crippen molar-refractivity contribution in [2.75, 3.05) is 13.2 Å². The molecule has 2 aliphatic rings. The Hall–Kier alpha value is -1.42. The van der Waals surface area contributed by atoms with E-state index in [2.05, 4.69) is 0 Å². The summed E-state index contributed by atoms with van der Waals surface area (Å²) >= 11 is 6.19. The van der Waals surface area contributed by atoms with Crippen molar-refractivity contribution in [1.82, 2.24) is 0 Å². The summed E-state index contributed by atoms with van der Waals surface area (Å²) in [7, 11) is 0. The van der Waals surface area contributed by atoms with Crippen LogP contribution in [0.4, 0.5) is 0 Å². The SMILES string of the molecule is O=C1CCC(c2cc(Cl)c3c(c2)OCCCO3)O1. The number of hydrogen-bond acceptors (Lipinski definition) is 4. The van der Waals surface area contributed by atoms with Gasteiger partial charge in [-0.2, -0.15) is 0 Å². The smallest absolute Gasteiger partial charge is 0.306 e. The fourth-order valence-electron chi connectivity index (χ4n) is 2.20. The molecule has 1 aromatic rings. The van der Waals surface area contributed by atoms with Crippen molar-refractivity contribution in [2.24, 2.45) is 0 Å². The van der Waals surface area contributed by atoms with Gasteiger partial charge in [0, 0.05) is 12.8 Å². The van der Waals surface area contributed by atoms with Crippen molar-refractivity contribution < 1.29 is 19.0 Å². The van der Waals surface area contributed by atoms with Gasteiger partial charge >= 0.3 is 5.97 Å². The molecular weight excluding hydrogens is 256 g/mol. The summed E-state index contributed by atoms with van der Waals surface area (Å²) in [4.78, 5) is 11.1. The number of rotatable bonds is 1. The van der Waals surface area contributed by atoms with Crippen LogP contribution in [0.15, 0.2) is 12.1 Å². The summed E-state index contributed by atoms with van der Waals surface area (Å²) in [5, 5.41) is 0.507. The highest BCUT2D eigenvalue weighted by Crippen LogP contribution is 2.41. The van der Waals surface area contributed by atoms with Crippen LogP contribution in [0.2, 0.25) is 5.02 Å². The van der Waals surface area contributed by atoms with E-state index >= 15 is 0 Å². The summed E-state index contributed by atoms with van der Waals surface area (Å²) in [6.45, 7) is 1.21. The third-order valence-corrected chi connectivity index (χ3v) is 3.36. The molecule has 0 radical (unpaired) electrons. The van der Waals surface area contributed by atoms with E-state index in [1.54, 1.807) is 6.07 Å². The van der Waals surface area contributed by atoms with Crippen molar-refractivity contribution in [1.29, 1.82) is 0 Å². The van der Waals surface area contributed by atoms with Crippen LogP contribution in [0.1, 0.15) is 30.9 Å². The molecule has 0 bridgehead atoms. The number of hydrogen-bond donors (Lipinski definition) is 0. The Morgan fingerprint density at radius 3 is 2.83 bits per heavy atom. The summed E-state index contributed by atoms with van der Waals surface area (Å²) in [5.74, 6) is 1.06. The molecule has 96 valence electrons. The number of carbonyl (C=O) groups is 1. The predicted molar refractivity (Wildman–Crippen MR) is 65.1 cm³/mol. The average molecular weight is 269 g/mol. The zero-order chi connectivity index (χ0) is 12.5. The van der Waals surface area contributed by atoms with Crippen molar-refractivity contribution in [3.05, 3.63) is 22.7 Å². The Balaban J connectivity index is 1.95. The van der Waals surface area contributed by atoms with Crippen LogP contribution in [-0.4, -0.2) is 19.2 Å². The second kappa shape index (κ2) is 4.69. The third kappa shape index (κ3) is 2.12. The van der Waals surface area contributed by atoms with E-state index in [1.807, 2.05) is 6.07 Å². The van der Waals surface area contributed by atoms with Gasteiger partial charge in [0.25, 0.3) is 0 Å². The molecule has 0 saturated carbocycles. The van der Waals surface area contributed by atoms with Gasteiger partial charge < -0.3 is 14.2 Å². The van der Waals surface area contributed by atoms with E-state index in [4.69, 9.17) is 25.8 Å². The molecule has 1 aromatic carbocycles. The Labute approximate surface area is 110 Å². The van der Waals surface area contributed by atoms with Gasteiger partial charge in [-0.1, -0.05) is 11.6 Å². The third-order valence-electron chi connectivity index (χ3n) is 3.08. The number of fused-ring (bicyclic) bond motifs is 1. The molecule has 0 aliphatic carbocycles. The Bertz CT molecular complexity index is 486. The van der Waals surface area contributed by atoms with E-state index in [1.165, 1.54) is 0 Å². The molecule has 3 rings (SSSR count). The number of benzene rings is 1. The van der Waals surface area contributed by atoms with Crippen LogP contribution < -0.4 is 9.47 Å². The van der Waals surface area contributed by atoms with Crippen LogP contribution in [0.25, 0.3) is 0 Å².